The highest BCUT2D eigenvalue weighted by atomic mass is 35.5. The van der Waals surface area contributed by atoms with Crippen molar-refractivity contribution >= 4 is 29.9 Å². The van der Waals surface area contributed by atoms with Gasteiger partial charge in [-0.25, -0.2) is 0 Å². The molecule has 1 aromatic carbocycles. The van der Waals surface area contributed by atoms with Gasteiger partial charge in [-0.1, -0.05) is 23.7 Å². The molecule has 134 valence electrons. The van der Waals surface area contributed by atoms with Crippen LogP contribution in [0.3, 0.4) is 0 Å². The molecule has 3 N–H and O–H groups in total. The quantitative estimate of drug-likeness (QED) is 0.761. The number of carbonyl (C=O) groups is 1. The Kier molecular flexibility index (Phi) is 6.93. The van der Waals surface area contributed by atoms with Gasteiger partial charge in [-0.2, -0.15) is 0 Å². The Morgan fingerprint density at radius 3 is 2.54 bits per heavy atom. The summed E-state index contributed by atoms with van der Waals surface area (Å²) >= 11 is 6.23. The molecule has 1 heterocycles. The number of carbonyl (C=O) groups excluding carboxylic acids is 1. The van der Waals surface area contributed by atoms with Crippen molar-refractivity contribution in [2.75, 3.05) is 13.1 Å². The van der Waals surface area contributed by atoms with Gasteiger partial charge in [0.2, 0.25) is 0 Å². The summed E-state index contributed by atoms with van der Waals surface area (Å²) in [6.07, 6.45) is 3.51. The minimum absolute atomic E-state index is 0. The number of nitrogens with one attached hydrogen (secondary N) is 2. The molecule has 0 aromatic heterocycles. The molecule has 4 nitrogen and oxygen atoms in total. The molecule has 1 aromatic rings. The van der Waals surface area contributed by atoms with Gasteiger partial charge in [0.1, 0.15) is 0 Å². The number of hydrogen-bond acceptors (Lipinski definition) is 3. The van der Waals surface area contributed by atoms with Gasteiger partial charge in [0, 0.05) is 6.04 Å². The molecular formula is C18H26Cl2N2O2. The van der Waals surface area contributed by atoms with Crippen molar-refractivity contribution in [3.05, 3.63) is 34.3 Å². The number of hydrogen-bond donors (Lipinski definition) is 3. The van der Waals surface area contributed by atoms with Crippen LogP contribution in [0.4, 0.5) is 0 Å². The lowest BCUT2D eigenvalue weighted by Crippen LogP contribution is -2.53. The molecule has 2 fully saturated rings. The first-order chi connectivity index (χ1) is 11.1. The molecule has 1 saturated carbocycles. The van der Waals surface area contributed by atoms with E-state index in [1.54, 1.807) is 6.07 Å². The van der Waals surface area contributed by atoms with E-state index in [4.69, 9.17) is 11.6 Å². The van der Waals surface area contributed by atoms with Crippen molar-refractivity contribution < 1.29 is 9.90 Å². The summed E-state index contributed by atoms with van der Waals surface area (Å²) in [7, 11) is 0. The van der Waals surface area contributed by atoms with Gasteiger partial charge in [-0.05, 0) is 69.2 Å². The van der Waals surface area contributed by atoms with E-state index in [0.29, 0.717) is 22.4 Å². The molecule has 0 radical (unpaired) electrons. The standard InChI is InChI=1S/C18H25ClN2O2.ClH/c1-11-3-2-4-15(19)16(11)18(23)21-17(13-9-14(22)10-13)12-5-7-20-8-6-12;/h2-4,12-14,17,20,22H,5-10H2,1H3,(H,21,23);1H. The van der Waals surface area contributed by atoms with Crippen LogP contribution in [0.5, 0.6) is 0 Å². The summed E-state index contributed by atoms with van der Waals surface area (Å²) in [5.74, 6) is 0.762. The van der Waals surface area contributed by atoms with Crippen molar-refractivity contribution in [3.63, 3.8) is 0 Å². The highest BCUT2D eigenvalue weighted by Crippen LogP contribution is 2.36. The zero-order valence-corrected chi connectivity index (χ0v) is 15.5. The van der Waals surface area contributed by atoms with E-state index < -0.39 is 0 Å². The van der Waals surface area contributed by atoms with Crippen LogP contribution in [0, 0.1) is 18.8 Å². The third-order valence-corrected chi connectivity index (χ3v) is 5.61. The Balaban J connectivity index is 0.00000208. The fourth-order valence-electron chi connectivity index (χ4n) is 3.89. The molecule has 1 unspecified atom stereocenters. The van der Waals surface area contributed by atoms with E-state index in [9.17, 15) is 9.90 Å². The summed E-state index contributed by atoms with van der Waals surface area (Å²) in [5.41, 5.74) is 1.47. The number of rotatable bonds is 4. The molecular weight excluding hydrogens is 347 g/mol. The molecule has 0 spiro atoms. The van der Waals surface area contributed by atoms with Gasteiger partial charge in [0.15, 0.2) is 0 Å². The first-order valence-electron chi connectivity index (χ1n) is 8.51. The Morgan fingerprint density at radius 2 is 1.96 bits per heavy atom. The molecule has 1 aliphatic heterocycles. The minimum Gasteiger partial charge on any atom is -0.393 e. The smallest absolute Gasteiger partial charge is 0.253 e. The van der Waals surface area contributed by atoms with Crippen LogP contribution in [-0.2, 0) is 0 Å². The largest absolute Gasteiger partial charge is 0.393 e. The summed E-state index contributed by atoms with van der Waals surface area (Å²) in [4.78, 5) is 12.8. The minimum atomic E-state index is -0.205. The van der Waals surface area contributed by atoms with Crippen LogP contribution in [0.2, 0.25) is 5.02 Å². The van der Waals surface area contributed by atoms with Crippen molar-refractivity contribution in [1.82, 2.24) is 10.6 Å². The lowest BCUT2D eigenvalue weighted by molar-refractivity contribution is 0.00918. The van der Waals surface area contributed by atoms with Gasteiger partial charge in [0.25, 0.3) is 5.91 Å². The van der Waals surface area contributed by atoms with Crippen LogP contribution in [0.25, 0.3) is 0 Å². The summed E-state index contributed by atoms with van der Waals surface area (Å²) in [5, 5.41) is 16.8. The van der Waals surface area contributed by atoms with Crippen molar-refractivity contribution in [3.8, 4) is 0 Å². The molecule has 24 heavy (non-hydrogen) atoms. The fourth-order valence-corrected chi connectivity index (χ4v) is 4.20. The number of benzene rings is 1. The number of aliphatic hydroxyl groups is 1. The monoisotopic (exact) mass is 372 g/mol. The molecule has 1 saturated heterocycles. The summed E-state index contributed by atoms with van der Waals surface area (Å²) in [6.45, 7) is 3.91. The van der Waals surface area contributed by atoms with Crippen molar-refractivity contribution in [2.45, 2.75) is 44.8 Å². The maximum absolute atomic E-state index is 12.8. The van der Waals surface area contributed by atoms with Crippen molar-refractivity contribution in [1.29, 1.82) is 0 Å². The average Bonchev–Trinajstić information content (AvgIpc) is 2.50. The highest BCUT2D eigenvalue weighted by molar-refractivity contribution is 6.34. The van der Waals surface area contributed by atoms with Crippen LogP contribution < -0.4 is 10.6 Å². The molecule has 6 heteroatoms. The van der Waals surface area contributed by atoms with E-state index in [0.717, 1.165) is 44.3 Å². The number of halogens is 2. The van der Waals surface area contributed by atoms with Gasteiger partial charge in [-0.3, -0.25) is 4.79 Å². The first-order valence-corrected chi connectivity index (χ1v) is 8.89. The SMILES string of the molecule is Cc1cccc(Cl)c1C(=O)NC(C1CCNCC1)C1CC(O)C1.Cl. The predicted molar refractivity (Wildman–Crippen MR) is 99.0 cm³/mol. The second-order valence-corrected chi connectivity index (χ2v) is 7.31. The molecule has 1 aliphatic carbocycles. The topological polar surface area (TPSA) is 61.4 Å². The van der Waals surface area contributed by atoms with Crippen molar-refractivity contribution in [2.24, 2.45) is 11.8 Å². The number of aryl methyl sites for hydroxylation is 1. The third-order valence-electron chi connectivity index (χ3n) is 5.30. The Labute approximate surface area is 154 Å². The number of amides is 1. The number of piperidine rings is 1. The molecule has 1 atom stereocenters. The molecule has 3 rings (SSSR count). The van der Waals surface area contributed by atoms with Gasteiger partial charge in [0.05, 0.1) is 16.7 Å². The van der Waals surface area contributed by atoms with Crippen LogP contribution in [0.15, 0.2) is 18.2 Å². The second kappa shape index (κ2) is 8.52. The zero-order valence-electron chi connectivity index (χ0n) is 13.9. The zero-order chi connectivity index (χ0) is 16.4. The van der Waals surface area contributed by atoms with E-state index >= 15 is 0 Å². The Hall–Kier alpha value is -0.810. The maximum Gasteiger partial charge on any atom is 0.253 e. The van der Waals surface area contributed by atoms with Crippen LogP contribution in [-0.4, -0.2) is 36.2 Å². The second-order valence-electron chi connectivity index (χ2n) is 6.90. The van der Waals surface area contributed by atoms with Crippen LogP contribution in [0.1, 0.15) is 41.6 Å². The van der Waals surface area contributed by atoms with E-state index in [2.05, 4.69) is 10.6 Å². The first kappa shape index (κ1) is 19.5. The van der Waals surface area contributed by atoms with E-state index in [-0.39, 0.29) is 30.5 Å². The maximum atomic E-state index is 12.8. The molecule has 1 amide bonds. The Bertz CT molecular complexity index is 550. The van der Waals surface area contributed by atoms with Crippen LogP contribution >= 0.6 is 24.0 Å². The van der Waals surface area contributed by atoms with Gasteiger partial charge < -0.3 is 15.7 Å². The van der Waals surface area contributed by atoms with Gasteiger partial charge >= 0.3 is 0 Å². The highest BCUT2D eigenvalue weighted by Gasteiger charge is 2.39. The summed E-state index contributed by atoms with van der Waals surface area (Å²) in [6, 6.07) is 5.66. The lowest BCUT2D eigenvalue weighted by Gasteiger charge is -2.43. The fraction of sp³-hybridized carbons (Fsp3) is 0.611. The average molecular weight is 373 g/mol. The number of aliphatic hydroxyl groups excluding tert-OH is 1. The van der Waals surface area contributed by atoms with Gasteiger partial charge in [-0.15, -0.1) is 12.4 Å². The lowest BCUT2D eigenvalue weighted by atomic mass is 9.71. The molecule has 0 bridgehead atoms. The Morgan fingerprint density at radius 1 is 1.29 bits per heavy atom. The third kappa shape index (κ3) is 4.23. The normalized spacial score (nSPS) is 25.3. The predicted octanol–water partition coefficient (Wildman–Crippen LogP) is 2.94. The molecule has 2 aliphatic rings. The van der Waals surface area contributed by atoms with E-state index in [1.165, 1.54) is 0 Å². The summed E-state index contributed by atoms with van der Waals surface area (Å²) < 4.78 is 0. The van der Waals surface area contributed by atoms with E-state index in [1.807, 2.05) is 19.1 Å².